The van der Waals surface area contributed by atoms with E-state index in [0.717, 1.165) is 47.7 Å². The van der Waals surface area contributed by atoms with Crippen LogP contribution in [0.3, 0.4) is 0 Å². The number of amides is 1. The van der Waals surface area contributed by atoms with E-state index in [1.165, 1.54) is 11.3 Å². The molecule has 1 saturated heterocycles. The highest BCUT2D eigenvalue weighted by molar-refractivity contribution is 7.17. The van der Waals surface area contributed by atoms with Crippen LogP contribution in [0, 0.1) is 0 Å². The molecule has 0 aliphatic carbocycles. The van der Waals surface area contributed by atoms with Crippen molar-refractivity contribution in [2.24, 2.45) is 0 Å². The summed E-state index contributed by atoms with van der Waals surface area (Å²) >= 11 is 1.49. The van der Waals surface area contributed by atoms with Crippen LogP contribution in [-0.4, -0.2) is 34.7 Å². The second-order valence-corrected chi connectivity index (χ2v) is 7.26. The summed E-state index contributed by atoms with van der Waals surface area (Å²) in [6, 6.07) is 12.0. The van der Waals surface area contributed by atoms with Gasteiger partial charge in [-0.05, 0) is 44.0 Å². The fourth-order valence-corrected chi connectivity index (χ4v) is 4.18. The first-order valence-electron chi connectivity index (χ1n) is 8.71. The number of carbonyl (C=O) groups is 1. The monoisotopic (exact) mass is 355 g/mol. The fourth-order valence-electron chi connectivity index (χ4n) is 3.26. The molecule has 1 N–H and O–H groups in total. The number of aryl methyl sites for hydroxylation is 1. The molecule has 25 heavy (non-hydrogen) atoms. The van der Waals surface area contributed by atoms with Crippen LogP contribution in [0.5, 0.6) is 0 Å². The van der Waals surface area contributed by atoms with E-state index < -0.39 is 0 Å². The highest BCUT2D eigenvalue weighted by atomic mass is 32.1. The van der Waals surface area contributed by atoms with Gasteiger partial charge in [0.1, 0.15) is 0 Å². The van der Waals surface area contributed by atoms with Crippen molar-refractivity contribution in [1.29, 1.82) is 0 Å². The summed E-state index contributed by atoms with van der Waals surface area (Å²) < 4.78 is 7.74. The maximum atomic E-state index is 12.4. The number of carbonyl (C=O) groups excluding carboxylic acids is 1. The van der Waals surface area contributed by atoms with Crippen LogP contribution in [0.15, 0.2) is 36.4 Å². The Bertz CT molecular complexity index is 893. The van der Waals surface area contributed by atoms with Crippen molar-refractivity contribution in [3.05, 3.63) is 41.3 Å². The minimum Gasteiger partial charge on any atom is -0.376 e. The molecule has 130 valence electrons. The number of imidazole rings is 1. The third kappa shape index (κ3) is 3.19. The van der Waals surface area contributed by atoms with Gasteiger partial charge >= 0.3 is 0 Å². The smallest absolute Gasteiger partial charge is 0.261 e. The SMILES string of the molecule is CCn1c(-c2ccc(C(=O)NCC3CCCO3)s2)nc2ccccc21. The number of hydrogen-bond donors (Lipinski definition) is 1. The minimum atomic E-state index is -0.0362. The molecule has 3 heterocycles. The number of nitrogens with zero attached hydrogens (tertiary/aromatic N) is 2. The van der Waals surface area contributed by atoms with Crippen molar-refractivity contribution in [3.63, 3.8) is 0 Å². The molecular weight excluding hydrogens is 334 g/mol. The molecule has 1 aliphatic heterocycles. The van der Waals surface area contributed by atoms with E-state index in [0.29, 0.717) is 11.4 Å². The lowest BCUT2D eigenvalue weighted by atomic mass is 10.2. The van der Waals surface area contributed by atoms with Crippen LogP contribution < -0.4 is 5.32 Å². The standard InChI is InChI=1S/C19H21N3O2S/c1-2-22-15-8-4-3-7-14(15)21-18(22)16-9-10-17(25-16)19(23)20-12-13-6-5-11-24-13/h3-4,7-10,13H,2,5-6,11-12H2,1H3,(H,20,23). The molecule has 6 heteroatoms. The maximum absolute atomic E-state index is 12.4. The Labute approximate surface area is 150 Å². The first-order valence-corrected chi connectivity index (χ1v) is 9.53. The number of hydrogen-bond acceptors (Lipinski definition) is 4. The van der Waals surface area contributed by atoms with E-state index >= 15 is 0 Å². The van der Waals surface area contributed by atoms with Crippen LogP contribution in [-0.2, 0) is 11.3 Å². The van der Waals surface area contributed by atoms with E-state index in [2.05, 4.69) is 22.9 Å². The van der Waals surface area contributed by atoms with Crippen LogP contribution in [0.4, 0.5) is 0 Å². The molecule has 0 bridgehead atoms. The number of nitrogens with one attached hydrogen (secondary N) is 1. The Morgan fingerprint density at radius 2 is 2.24 bits per heavy atom. The van der Waals surface area contributed by atoms with Gasteiger partial charge in [0.25, 0.3) is 5.91 Å². The van der Waals surface area contributed by atoms with Crippen LogP contribution in [0.25, 0.3) is 21.7 Å². The van der Waals surface area contributed by atoms with E-state index in [-0.39, 0.29) is 12.0 Å². The van der Waals surface area contributed by atoms with Gasteiger partial charge in [0.05, 0.1) is 26.9 Å². The fraction of sp³-hybridized carbons (Fsp3) is 0.368. The van der Waals surface area contributed by atoms with Crippen molar-refractivity contribution in [3.8, 4) is 10.7 Å². The average molecular weight is 355 g/mol. The summed E-state index contributed by atoms with van der Waals surface area (Å²) in [7, 11) is 0. The molecule has 3 aromatic rings. The number of ether oxygens (including phenoxy) is 1. The van der Waals surface area contributed by atoms with Crippen LogP contribution in [0.2, 0.25) is 0 Å². The van der Waals surface area contributed by atoms with Crippen molar-refractivity contribution >= 4 is 28.3 Å². The zero-order chi connectivity index (χ0) is 17.2. The average Bonchev–Trinajstić information content (AvgIpc) is 3.38. The topological polar surface area (TPSA) is 56.2 Å². The number of fused-ring (bicyclic) bond motifs is 1. The van der Waals surface area contributed by atoms with E-state index in [1.54, 1.807) is 0 Å². The molecule has 4 rings (SSSR count). The Kier molecular flexibility index (Phi) is 4.55. The molecule has 1 unspecified atom stereocenters. The Balaban J connectivity index is 1.55. The van der Waals surface area contributed by atoms with Gasteiger partial charge in [-0.15, -0.1) is 11.3 Å². The van der Waals surface area contributed by atoms with E-state index in [9.17, 15) is 4.79 Å². The van der Waals surface area contributed by atoms with Gasteiger partial charge in [-0.2, -0.15) is 0 Å². The van der Waals surface area contributed by atoms with Gasteiger partial charge in [0.2, 0.25) is 0 Å². The lowest BCUT2D eigenvalue weighted by Gasteiger charge is -2.09. The van der Waals surface area contributed by atoms with Gasteiger partial charge in [0.15, 0.2) is 5.82 Å². The minimum absolute atomic E-state index is 0.0362. The molecule has 5 nitrogen and oxygen atoms in total. The van der Waals surface area contributed by atoms with E-state index in [1.807, 2.05) is 30.3 Å². The number of rotatable bonds is 5. The van der Waals surface area contributed by atoms with Gasteiger partial charge in [0, 0.05) is 19.7 Å². The quantitative estimate of drug-likeness (QED) is 0.759. The molecule has 1 amide bonds. The first kappa shape index (κ1) is 16.3. The molecule has 0 saturated carbocycles. The summed E-state index contributed by atoms with van der Waals surface area (Å²) in [5, 5.41) is 2.98. The predicted octanol–water partition coefficient (Wildman–Crippen LogP) is 3.69. The zero-order valence-electron chi connectivity index (χ0n) is 14.2. The summed E-state index contributed by atoms with van der Waals surface area (Å²) in [5.41, 5.74) is 2.11. The van der Waals surface area contributed by atoms with Gasteiger partial charge in [-0.3, -0.25) is 4.79 Å². The molecule has 1 aromatic carbocycles. The van der Waals surface area contributed by atoms with Crippen molar-refractivity contribution in [2.45, 2.75) is 32.4 Å². The summed E-state index contributed by atoms with van der Waals surface area (Å²) in [6.45, 7) is 4.34. The van der Waals surface area contributed by atoms with Crippen LogP contribution >= 0.6 is 11.3 Å². The predicted molar refractivity (Wildman–Crippen MR) is 100 cm³/mol. The first-order chi connectivity index (χ1) is 12.3. The largest absolute Gasteiger partial charge is 0.376 e. The number of aromatic nitrogens is 2. The zero-order valence-corrected chi connectivity index (χ0v) is 15.0. The normalized spacial score (nSPS) is 17.2. The molecule has 2 aromatic heterocycles. The van der Waals surface area contributed by atoms with Crippen molar-refractivity contribution in [2.75, 3.05) is 13.2 Å². The molecular formula is C19H21N3O2S. The molecule has 0 radical (unpaired) electrons. The van der Waals surface area contributed by atoms with Crippen molar-refractivity contribution < 1.29 is 9.53 Å². The lowest BCUT2D eigenvalue weighted by Crippen LogP contribution is -2.31. The van der Waals surface area contributed by atoms with Crippen molar-refractivity contribution in [1.82, 2.24) is 14.9 Å². The van der Waals surface area contributed by atoms with Crippen LogP contribution in [0.1, 0.15) is 29.4 Å². The second-order valence-electron chi connectivity index (χ2n) is 6.18. The molecule has 1 fully saturated rings. The molecule has 1 atom stereocenters. The Morgan fingerprint density at radius 1 is 1.36 bits per heavy atom. The molecule has 0 spiro atoms. The third-order valence-electron chi connectivity index (χ3n) is 4.54. The number of benzene rings is 1. The van der Waals surface area contributed by atoms with Gasteiger partial charge in [-0.1, -0.05) is 12.1 Å². The van der Waals surface area contributed by atoms with E-state index in [4.69, 9.17) is 9.72 Å². The third-order valence-corrected chi connectivity index (χ3v) is 5.62. The Morgan fingerprint density at radius 3 is 3.04 bits per heavy atom. The van der Waals surface area contributed by atoms with Gasteiger partial charge in [-0.25, -0.2) is 4.98 Å². The maximum Gasteiger partial charge on any atom is 0.261 e. The lowest BCUT2D eigenvalue weighted by molar-refractivity contribution is 0.0861. The van der Waals surface area contributed by atoms with Gasteiger partial charge < -0.3 is 14.6 Å². The highest BCUT2D eigenvalue weighted by Crippen LogP contribution is 2.30. The summed E-state index contributed by atoms with van der Waals surface area (Å²) in [6.07, 6.45) is 2.26. The summed E-state index contributed by atoms with van der Waals surface area (Å²) in [4.78, 5) is 18.9. The Hall–Kier alpha value is -2.18. The highest BCUT2D eigenvalue weighted by Gasteiger charge is 2.19. The second kappa shape index (κ2) is 6.98. The number of para-hydroxylation sites is 2. The number of thiophene rings is 1. The molecule has 1 aliphatic rings. The summed E-state index contributed by atoms with van der Waals surface area (Å²) in [5.74, 6) is 0.887.